The number of hydrogen-bond donors (Lipinski definition) is 0. The summed E-state index contributed by atoms with van der Waals surface area (Å²) in [5, 5.41) is 9.93. The van der Waals surface area contributed by atoms with Crippen LogP contribution in [0.1, 0.15) is 24.0 Å². The first kappa shape index (κ1) is 20.2. The van der Waals surface area contributed by atoms with Crippen molar-refractivity contribution in [2.24, 2.45) is 0 Å². The molecular formula is C20H24ClFN2. The van der Waals surface area contributed by atoms with E-state index in [1.807, 2.05) is 32.3 Å². The predicted octanol–water partition coefficient (Wildman–Crippen LogP) is 4.59. The number of nitrogens with zero attached hydrogens (tertiary/aromatic N) is 2. The standard InChI is InChI=1S/C20H23FN2.ClH/c1-23(2)15-14-20(16-22,18-8-10-19(21)11-9-18)13-12-17-6-4-3-5-7-17;/h3-11H,12-15H2,1-2H3;1H. The lowest BCUT2D eigenvalue weighted by molar-refractivity contribution is 0.342. The molecule has 0 spiro atoms. The lowest BCUT2D eigenvalue weighted by atomic mass is 9.74. The van der Waals surface area contributed by atoms with Crippen molar-refractivity contribution in [1.82, 2.24) is 4.90 Å². The highest BCUT2D eigenvalue weighted by Gasteiger charge is 2.32. The van der Waals surface area contributed by atoms with E-state index in [0.29, 0.717) is 0 Å². The molecule has 0 amide bonds. The molecule has 2 nitrogen and oxygen atoms in total. The zero-order valence-corrected chi connectivity index (χ0v) is 15.0. The van der Waals surface area contributed by atoms with Crippen LogP contribution in [0.2, 0.25) is 0 Å². The molecular weight excluding hydrogens is 323 g/mol. The number of rotatable bonds is 7. The van der Waals surface area contributed by atoms with Gasteiger partial charge in [0.05, 0.1) is 11.5 Å². The van der Waals surface area contributed by atoms with Crippen LogP contribution in [-0.2, 0) is 11.8 Å². The van der Waals surface area contributed by atoms with Crippen LogP contribution < -0.4 is 0 Å². The van der Waals surface area contributed by atoms with Crippen LogP contribution in [0.5, 0.6) is 0 Å². The second-order valence-electron chi connectivity index (χ2n) is 6.24. The van der Waals surface area contributed by atoms with Crippen LogP contribution in [0.25, 0.3) is 0 Å². The molecule has 0 aliphatic rings. The smallest absolute Gasteiger partial charge is 0.123 e. The van der Waals surface area contributed by atoms with Gasteiger partial charge in [0.15, 0.2) is 0 Å². The zero-order valence-electron chi connectivity index (χ0n) is 14.2. The maximum atomic E-state index is 13.3. The van der Waals surface area contributed by atoms with E-state index >= 15 is 0 Å². The van der Waals surface area contributed by atoms with Gasteiger partial charge in [-0.1, -0.05) is 42.5 Å². The Balaban J connectivity index is 0.00000288. The summed E-state index contributed by atoms with van der Waals surface area (Å²) < 4.78 is 13.3. The molecule has 0 saturated heterocycles. The van der Waals surface area contributed by atoms with Crippen LogP contribution in [0.15, 0.2) is 54.6 Å². The molecule has 0 aliphatic heterocycles. The molecule has 0 aromatic heterocycles. The summed E-state index contributed by atoms with van der Waals surface area (Å²) in [4.78, 5) is 2.08. The van der Waals surface area contributed by atoms with E-state index < -0.39 is 5.41 Å². The second-order valence-corrected chi connectivity index (χ2v) is 6.24. The van der Waals surface area contributed by atoms with E-state index in [-0.39, 0.29) is 18.2 Å². The summed E-state index contributed by atoms with van der Waals surface area (Å²) in [6.45, 7) is 0.819. The number of aryl methyl sites for hydroxylation is 1. The van der Waals surface area contributed by atoms with E-state index in [1.165, 1.54) is 17.7 Å². The second kappa shape index (κ2) is 9.42. The van der Waals surface area contributed by atoms with E-state index in [4.69, 9.17) is 0 Å². The molecule has 0 N–H and O–H groups in total. The highest BCUT2D eigenvalue weighted by Crippen LogP contribution is 2.33. The number of nitriles is 1. The minimum absolute atomic E-state index is 0. The minimum atomic E-state index is -0.589. The SMILES string of the molecule is CN(C)CCC(C#N)(CCc1ccccc1)c1ccc(F)cc1.Cl. The molecule has 1 atom stereocenters. The Labute approximate surface area is 150 Å². The zero-order chi connectivity index (χ0) is 16.7. The van der Waals surface area contributed by atoms with E-state index in [2.05, 4.69) is 23.1 Å². The Kier molecular flexibility index (Phi) is 7.91. The Morgan fingerprint density at radius 1 is 1.00 bits per heavy atom. The molecule has 1 unspecified atom stereocenters. The highest BCUT2D eigenvalue weighted by atomic mass is 35.5. The highest BCUT2D eigenvalue weighted by molar-refractivity contribution is 5.85. The number of hydrogen-bond acceptors (Lipinski definition) is 2. The molecule has 0 fully saturated rings. The van der Waals surface area contributed by atoms with Gasteiger partial charge in [0.2, 0.25) is 0 Å². The fraction of sp³-hybridized carbons (Fsp3) is 0.350. The van der Waals surface area contributed by atoms with Crippen LogP contribution >= 0.6 is 12.4 Å². The Morgan fingerprint density at radius 3 is 2.17 bits per heavy atom. The third kappa shape index (κ3) is 5.33. The average Bonchev–Trinajstić information content (AvgIpc) is 2.57. The molecule has 128 valence electrons. The van der Waals surface area contributed by atoms with Gasteiger partial charge >= 0.3 is 0 Å². The maximum Gasteiger partial charge on any atom is 0.123 e. The van der Waals surface area contributed by atoms with Gasteiger partial charge in [0, 0.05) is 0 Å². The predicted molar refractivity (Wildman–Crippen MR) is 98.9 cm³/mol. The van der Waals surface area contributed by atoms with Gasteiger partial charge in [-0.2, -0.15) is 5.26 Å². The van der Waals surface area contributed by atoms with E-state index in [9.17, 15) is 9.65 Å². The van der Waals surface area contributed by atoms with Crippen molar-refractivity contribution >= 4 is 12.4 Å². The fourth-order valence-electron chi connectivity index (χ4n) is 2.78. The van der Waals surface area contributed by atoms with Gasteiger partial charge in [-0.25, -0.2) is 4.39 Å². The Bertz CT molecular complexity index is 650. The van der Waals surface area contributed by atoms with Crippen molar-refractivity contribution in [3.63, 3.8) is 0 Å². The van der Waals surface area contributed by atoms with Crippen molar-refractivity contribution in [2.75, 3.05) is 20.6 Å². The van der Waals surface area contributed by atoms with Gasteiger partial charge in [-0.05, 0) is 63.2 Å². The normalized spacial score (nSPS) is 13.0. The monoisotopic (exact) mass is 346 g/mol. The molecule has 4 heteroatoms. The number of halogens is 2. The lowest BCUT2D eigenvalue weighted by Gasteiger charge is -2.29. The van der Waals surface area contributed by atoms with Crippen LogP contribution in [-0.4, -0.2) is 25.5 Å². The van der Waals surface area contributed by atoms with Crippen molar-refractivity contribution in [2.45, 2.75) is 24.7 Å². The fourth-order valence-corrected chi connectivity index (χ4v) is 2.78. The first-order valence-electron chi connectivity index (χ1n) is 7.92. The summed E-state index contributed by atoms with van der Waals surface area (Å²) in [5.74, 6) is -0.267. The van der Waals surface area contributed by atoms with E-state index in [1.54, 1.807) is 12.1 Å². The molecule has 0 heterocycles. The summed E-state index contributed by atoms with van der Waals surface area (Å²) in [6.07, 6.45) is 2.29. The van der Waals surface area contributed by atoms with Crippen molar-refractivity contribution < 1.29 is 4.39 Å². The summed E-state index contributed by atoms with van der Waals surface area (Å²) in [6, 6.07) is 19.1. The molecule has 0 saturated carbocycles. The molecule has 2 rings (SSSR count). The Morgan fingerprint density at radius 2 is 1.62 bits per heavy atom. The van der Waals surface area contributed by atoms with Crippen molar-refractivity contribution in [1.29, 1.82) is 5.26 Å². The minimum Gasteiger partial charge on any atom is -0.309 e. The van der Waals surface area contributed by atoms with Crippen LogP contribution in [0.4, 0.5) is 4.39 Å². The lowest BCUT2D eigenvalue weighted by Crippen LogP contribution is -2.30. The molecule has 2 aromatic rings. The summed E-state index contributed by atoms with van der Waals surface area (Å²) >= 11 is 0. The van der Waals surface area contributed by atoms with Gasteiger partial charge in [0.25, 0.3) is 0 Å². The molecule has 2 aromatic carbocycles. The summed E-state index contributed by atoms with van der Waals surface area (Å²) in [7, 11) is 4.01. The number of benzene rings is 2. The topological polar surface area (TPSA) is 27.0 Å². The molecule has 0 bridgehead atoms. The molecule has 24 heavy (non-hydrogen) atoms. The van der Waals surface area contributed by atoms with Crippen LogP contribution in [0.3, 0.4) is 0 Å². The third-order valence-electron chi connectivity index (χ3n) is 4.28. The van der Waals surface area contributed by atoms with Crippen LogP contribution in [0, 0.1) is 17.1 Å². The first-order chi connectivity index (χ1) is 11.1. The van der Waals surface area contributed by atoms with Gasteiger partial charge < -0.3 is 4.90 Å². The quantitative estimate of drug-likeness (QED) is 0.733. The average molecular weight is 347 g/mol. The van der Waals surface area contributed by atoms with Crippen molar-refractivity contribution in [3.8, 4) is 6.07 Å². The first-order valence-corrected chi connectivity index (χ1v) is 7.92. The molecule has 0 radical (unpaired) electrons. The van der Waals surface area contributed by atoms with Gasteiger partial charge in [-0.3, -0.25) is 0 Å². The van der Waals surface area contributed by atoms with Gasteiger partial charge in [0.1, 0.15) is 5.82 Å². The molecule has 0 aliphatic carbocycles. The maximum absolute atomic E-state index is 13.3. The Hall–Kier alpha value is -1.89. The van der Waals surface area contributed by atoms with E-state index in [0.717, 1.165) is 31.4 Å². The summed E-state index contributed by atoms with van der Waals surface area (Å²) in [5.41, 5.74) is 1.53. The largest absolute Gasteiger partial charge is 0.309 e. The third-order valence-corrected chi connectivity index (χ3v) is 4.28. The van der Waals surface area contributed by atoms with Crippen molar-refractivity contribution in [3.05, 3.63) is 71.5 Å². The van der Waals surface area contributed by atoms with Gasteiger partial charge in [-0.15, -0.1) is 12.4 Å².